The standard InChI is InChI=1S/C20H21ClFN3O6S/c21-15-10-13(3-5-17(15)25-8-7-23-19(26)12-25)24-32(29,30)14-4-6-18(16(22)11-14)31-9-1-2-20(27)28/h3-6,10-11,24H,1-2,7-9,12H2,(H,23,26)(H,27,28). The first-order valence-electron chi connectivity index (χ1n) is 9.64. The molecule has 0 spiro atoms. The average molecular weight is 486 g/mol. The van der Waals surface area contributed by atoms with Gasteiger partial charge in [0.25, 0.3) is 10.0 Å². The number of nitrogens with zero attached hydrogens (tertiary/aromatic N) is 1. The van der Waals surface area contributed by atoms with E-state index in [0.29, 0.717) is 18.8 Å². The van der Waals surface area contributed by atoms with E-state index in [1.165, 1.54) is 24.3 Å². The molecular formula is C20H21ClFN3O6S. The Labute approximate surface area is 189 Å². The number of carbonyl (C=O) groups excluding carboxylic acids is 1. The van der Waals surface area contributed by atoms with E-state index in [-0.39, 0.29) is 53.3 Å². The molecule has 0 aliphatic carbocycles. The maximum Gasteiger partial charge on any atom is 0.303 e. The van der Waals surface area contributed by atoms with E-state index in [0.717, 1.165) is 6.07 Å². The molecule has 9 nitrogen and oxygen atoms in total. The number of amides is 1. The largest absolute Gasteiger partial charge is 0.491 e. The van der Waals surface area contributed by atoms with Crippen molar-refractivity contribution < 1.29 is 32.2 Å². The summed E-state index contributed by atoms with van der Waals surface area (Å²) in [6.07, 6.45) is 0.0690. The van der Waals surface area contributed by atoms with Crippen LogP contribution in [0.1, 0.15) is 12.8 Å². The Bertz CT molecular complexity index is 1130. The fourth-order valence-corrected chi connectivity index (χ4v) is 4.42. The van der Waals surface area contributed by atoms with Gasteiger partial charge in [-0.15, -0.1) is 0 Å². The second kappa shape index (κ2) is 10.0. The van der Waals surface area contributed by atoms with Gasteiger partial charge in [0.2, 0.25) is 5.91 Å². The second-order valence-corrected chi connectivity index (χ2v) is 9.07. The van der Waals surface area contributed by atoms with Crippen LogP contribution >= 0.6 is 11.6 Å². The van der Waals surface area contributed by atoms with Crippen LogP contribution in [-0.2, 0) is 19.6 Å². The number of hydrogen-bond acceptors (Lipinski definition) is 6. The quantitative estimate of drug-likeness (QED) is 0.466. The van der Waals surface area contributed by atoms with Crippen molar-refractivity contribution in [3.05, 3.63) is 47.2 Å². The Morgan fingerprint density at radius 3 is 2.72 bits per heavy atom. The summed E-state index contributed by atoms with van der Waals surface area (Å²) in [6, 6.07) is 7.69. The highest BCUT2D eigenvalue weighted by Crippen LogP contribution is 2.30. The van der Waals surface area contributed by atoms with Gasteiger partial charge in [-0.05, 0) is 42.8 Å². The highest BCUT2D eigenvalue weighted by molar-refractivity contribution is 7.92. The molecule has 0 atom stereocenters. The van der Waals surface area contributed by atoms with Gasteiger partial charge in [0.1, 0.15) is 0 Å². The van der Waals surface area contributed by atoms with Crippen LogP contribution in [0, 0.1) is 5.82 Å². The van der Waals surface area contributed by atoms with Crippen LogP contribution in [0.15, 0.2) is 41.3 Å². The van der Waals surface area contributed by atoms with Crippen LogP contribution in [-0.4, -0.2) is 51.6 Å². The summed E-state index contributed by atoms with van der Waals surface area (Å²) in [4.78, 5) is 23.5. The zero-order valence-electron chi connectivity index (χ0n) is 16.8. The van der Waals surface area contributed by atoms with Crippen LogP contribution in [0.4, 0.5) is 15.8 Å². The Kier molecular flexibility index (Phi) is 7.41. The average Bonchev–Trinajstić information content (AvgIpc) is 2.71. The number of nitrogens with one attached hydrogen (secondary N) is 2. The number of benzene rings is 2. The first-order valence-corrected chi connectivity index (χ1v) is 11.5. The molecule has 0 aromatic heterocycles. The normalized spacial score (nSPS) is 14.1. The van der Waals surface area contributed by atoms with Gasteiger partial charge in [-0.1, -0.05) is 11.6 Å². The third-order valence-corrected chi connectivity index (χ3v) is 6.27. The molecule has 0 radical (unpaired) electrons. The lowest BCUT2D eigenvalue weighted by atomic mass is 10.2. The summed E-state index contributed by atoms with van der Waals surface area (Å²) in [7, 11) is -4.11. The molecule has 1 heterocycles. The minimum atomic E-state index is -4.11. The third-order valence-electron chi connectivity index (χ3n) is 4.59. The van der Waals surface area contributed by atoms with Crippen molar-refractivity contribution in [1.82, 2.24) is 5.32 Å². The molecule has 0 bridgehead atoms. The van der Waals surface area contributed by atoms with E-state index in [4.69, 9.17) is 21.4 Å². The molecule has 2 aromatic rings. The van der Waals surface area contributed by atoms with Crippen molar-refractivity contribution in [2.75, 3.05) is 35.9 Å². The number of halogens is 2. The Hall–Kier alpha value is -3.05. The fourth-order valence-electron chi connectivity index (χ4n) is 3.06. The molecule has 1 aliphatic rings. The van der Waals surface area contributed by atoms with Crippen molar-refractivity contribution >= 4 is 44.9 Å². The summed E-state index contributed by atoms with van der Waals surface area (Å²) in [6.45, 7) is 1.18. The van der Waals surface area contributed by atoms with Gasteiger partial charge in [-0.2, -0.15) is 0 Å². The van der Waals surface area contributed by atoms with Crippen molar-refractivity contribution in [1.29, 1.82) is 0 Å². The van der Waals surface area contributed by atoms with Crippen LogP contribution in [0.5, 0.6) is 5.75 Å². The highest BCUT2D eigenvalue weighted by Gasteiger charge is 2.21. The SMILES string of the molecule is O=C(O)CCCOc1ccc(S(=O)(=O)Nc2ccc(N3CCNC(=O)C3)c(Cl)c2)cc1F. The minimum Gasteiger partial charge on any atom is -0.491 e. The van der Waals surface area contributed by atoms with E-state index in [2.05, 4.69) is 10.0 Å². The number of rotatable bonds is 9. The summed E-state index contributed by atoms with van der Waals surface area (Å²) >= 11 is 6.29. The molecule has 172 valence electrons. The fraction of sp³-hybridized carbons (Fsp3) is 0.300. The van der Waals surface area contributed by atoms with Gasteiger partial charge >= 0.3 is 5.97 Å². The monoisotopic (exact) mass is 485 g/mol. The zero-order valence-corrected chi connectivity index (χ0v) is 18.4. The molecular weight excluding hydrogens is 465 g/mol. The molecule has 12 heteroatoms. The highest BCUT2D eigenvalue weighted by atomic mass is 35.5. The summed E-state index contributed by atoms with van der Waals surface area (Å²) < 4.78 is 47.1. The Morgan fingerprint density at radius 2 is 2.06 bits per heavy atom. The van der Waals surface area contributed by atoms with E-state index < -0.39 is 21.8 Å². The second-order valence-electron chi connectivity index (χ2n) is 6.98. The molecule has 3 rings (SSSR count). The molecule has 0 unspecified atom stereocenters. The minimum absolute atomic E-state index is 0.0168. The van der Waals surface area contributed by atoms with Crippen LogP contribution in [0.3, 0.4) is 0 Å². The molecule has 1 fully saturated rings. The smallest absolute Gasteiger partial charge is 0.303 e. The van der Waals surface area contributed by atoms with Gasteiger partial charge in [-0.3, -0.25) is 14.3 Å². The van der Waals surface area contributed by atoms with Crippen molar-refractivity contribution in [2.24, 2.45) is 0 Å². The number of anilines is 2. The summed E-state index contributed by atoms with van der Waals surface area (Å²) in [5.41, 5.74) is 0.773. The molecule has 0 saturated carbocycles. The number of carboxylic acid groups (broad SMARTS) is 1. The maximum atomic E-state index is 14.3. The van der Waals surface area contributed by atoms with Crippen molar-refractivity contribution in [3.8, 4) is 5.75 Å². The van der Waals surface area contributed by atoms with E-state index in [1.807, 2.05) is 0 Å². The van der Waals surface area contributed by atoms with Crippen molar-refractivity contribution in [3.63, 3.8) is 0 Å². The topological polar surface area (TPSA) is 125 Å². The molecule has 1 amide bonds. The molecule has 32 heavy (non-hydrogen) atoms. The lowest BCUT2D eigenvalue weighted by molar-refractivity contribution is -0.137. The van der Waals surface area contributed by atoms with Gasteiger partial charge < -0.3 is 20.1 Å². The van der Waals surface area contributed by atoms with Gasteiger partial charge in [0.05, 0.1) is 34.4 Å². The number of carbonyl (C=O) groups is 2. The number of aliphatic carboxylic acids is 1. The summed E-state index contributed by atoms with van der Waals surface area (Å²) in [5.74, 6) is -2.18. The first-order chi connectivity index (χ1) is 15.2. The lowest BCUT2D eigenvalue weighted by Crippen LogP contribution is -2.47. The maximum absolute atomic E-state index is 14.3. The first kappa shape index (κ1) is 23.6. The van der Waals surface area contributed by atoms with Crippen LogP contribution < -0.4 is 19.7 Å². The van der Waals surface area contributed by atoms with Crippen LogP contribution in [0.25, 0.3) is 0 Å². The molecule has 1 saturated heterocycles. The Morgan fingerprint density at radius 1 is 1.28 bits per heavy atom. The number of sulfonamides is 1. The van der Waals surface area contributed by atoms with Gasteiger partial charge in [0, 0.05) is 19.5 Å². The molecule has 1 aliphatic heterocycles. The van der Waals surface area contributed by atoms with E-state index >= 15 is 0 Å². The summed E-state index contributed by atoms with van der Waals surface area (Å²) in [5, 5.41) is 11.6. The van der Waals surface area contributed by atoms with Gasteiger partial charge in [-0.25, -0.2) is 12.8 Å². The van der Waals surface area contributed by atoms with E-state index in [1.54, 1.807) is 11.0 Å². The van der Waals surface area contributed by atoms with Crippen LogP contribution in [0.2, 0.25) is 5.02 Å². The molecule has 2 aromatic carbocycles. The van der Waals surface area contributed by atoms with Crippen molar-refractivity contribution in [2.45, 2.75) is 17.7 Å². The molecule has 3 N–H and O–H groups in total. The van der Waals surface area contributed by atoms with Gasteiger partial charge in [0.15, 0.2) is 11.6 Å². The number of ether oxygens (including phenoxy) is 1. The number of carboxylic acids is 1. The predicted molar refractivity (Wildman–Crippen MR) is 116 cm³/mol. The third kappa shape index (κ3) is 6.01. The number of piperazine rings is 1. The zero-order chi connectivity index (χ0) is 23.3. The van der Waals surface area contributed by atoms with E-state index in [9.17, 15) is 22.4 Å². The Balaban J connectivity index is 1.69. The number of hydrogen-bond donors (Lipinski definition) is 3. The predicted octanol–water partition coefficient (Wildman–Crippen LogP) is 2.46. The lowest BCUT2D eigenvalue weighted by Gasteiger charge is -2.29.